The third kappa shape index (κ3) is 2.97. The van der Waals surface area contributed by atoms with Crippen molar-refractivity contribution in [3.8, 4) is 5.75 Å². The summed E-state index contributed by atoms with van der Waals surface area (Å²) < 4.78 is 22.5. The molecule has 31 heavy (non-hydrogen) atoms. The van der Waals surface area contributed by atoms with E-state index in [1.54, 1.807) is 52.1 Å². The fraction of sp³-hybridized carbons (Fsp3) is 0.348. The van der Waals surface area contributed by atoms with E-state index in [4.69, 9.17) is 18.9 Å². The Labute approximate surface area is 179 Å². The van der Waals surface area contributed by atoms with E-state index in [0.717, 1.165) is 0 Å². The van der Waals surface area contributed by atoms with Crippen molar-refractivity contribution in [2.24, 2.45) is 0 Å². The second-order valence-electron chi connectivity index (χ2n) is 7.28. The van der Waals surface area contributed by atoms with E-state index < -0.39 is 29.7 Å². The van der Waals surface area contributed by atoms with E-state index >= 15 is 0 Å². The number of allylic oxidation sites excluding steroid dienone is 2. The number of nitrogens with zero attached hydrogens (tertiary/aromatic N) is 1. The molecule has 1 spiro atoms. The van der Waals surface area contributed by atoms with Gasteiger partial charge in [0, 0.05) is 11.8 Å². The molecular formula is C23H23NO7. The number of benzene rings is 1. The lowest BCUT2D eigenvalue weighted by Crippen LogP contribution is -2.55. The highest BCUT2D eigenvalue weighted by Gasteiger charge is 2.63. The highest BCUT2D eigenvalue weighted by molar-refractivity contribution is 6.10. The van der Waals surface area contributed by atoms with Crippen molar-refractivity contribution in [3.63, 3.8) is 0 Å². The minimum Gasteiger partial charge on any atom is -0.462 e. The SMILES string of the molecule is CCOC(=O)C1=C(C(=O)OCC)[C@]2(O[C@H]3C=CC=CN13)C(=O)Oc1c(C)ccc(C)c12. The Kier molecular flexibility index (Phi) is 5.18. The fourth-order valence-electron chi connectivity index (χ4n) is 4.12. The summed E-state index contributed by atoms with van der Waals surface area (Å²) >= 11 is 0. The number of esters is 3. The second-order valence-corrected chi connectivity index (χ2v) is 7.28. The number of ether oxygens (including phenoxy) is 4. The van der Waals surface area contributed by atoms with Gasteiger partial charge in [-0.1, -0.05) is 18.2 Å². The minimum absolute atomic E-state index is 0.0440. The van der Waals surface area contributed by atoms with Gasteiger partial charge in [-0.15, -0.1) is 0 Å². The van der Waals surface area contributed by atoms with Gasteiger partial charge in [-0.25, -0.2) is 14.4 Å². The lowest BCUT2D eigenvalue weighted by atomic mass is 9.80. The van der Waals surface area contributed by atoms with Crippen molar-refractivity contribution in [2.75, 3.05) is 13.2 Å². The van der Waals surface area contributed by atoms with Gasteiger partial charge in [0.25, 0.3) is 0 Å². The normalized spacial score (nSPS) is 23.5. The first-order valence-electron chi connectivity index (χ1n) is 10.1. The van der Waals surface area contributed by atoms with Crippen LogP contribution in [0, 0.1) is 13.8 Å². The van der Waals surface area contributed by atoms with Gasteiger partial charge in [0.1, 0.15) is 17.0 Å². The van der Waals surface area contributed by atoms with Gasteiger partial charge in [-0.05, 0) is 51.0 Å². The molecule has 0 bridgehead atoms. The molecule has 3 heterocycles. The molecule has 0 saturated heterocycles. The Bertz CT molecular complexity index is 1070. The van der Waals surface area contributed by atoms with Gasteiger partial charge >= 0.3 is 17.9 Å². The molecule has 8 nitrogen and oxygen atoms in total. The Morgan fingerprint density at radius 1 is 1.06 bits per heavy atom. The Balaban J connectivity index is 2.10. The quantitative estimate of drug-likeness (QED) is 0.537. The van der Waals surface area contributed by atoms with Gasteiger partial charge in [-0.3, -0.25) is 0 Å². The van der Waals surface area contributed by atoms with E-state index in [9.17, 15) is 14.4 Å². The molecule has 0 unspecified atom stereocenters. The standard InChI is InChI=1S/C23H23NO7/c1-5-28-20(25)17-18(21(26)29-6-2)24-12-8-7-9-15(24)31-23(17)16-13(3)10-11-14(4)19(16)30-22(23)27/h7-12,15H,5-6H2,1-4H3/t15-,23-/m0/s1. The molecule has 0 aromatic heterocycles. The average Bonchev–Trinajstić information content (AvgIpc) is 3.03. The maximum absolute atomic E-state index is 13.4. The summed E-state index contributed by atoms with van der Waals surface area (Å²) in [5, 5.41) is 0. The molecule has 0 N–H and O–H groups in total. The first-order valence-corrected chi connectivity index (χ1v) is 10.1. The molecular weight excluding hydrogens is 402 g/mol. The Hall–Kier alpha value is -3.39. The molecule has 3 aliphatic rings. The lowest BCUT2D eigenvalue weighted by molar-refractivity contribution is -0.178. The first kappa shape index (κ1) is 20.9. The van der Waals surface area contributed by atoms with Crippen LogP contribution in [0.4, 0.5) is 0 Å². The molecule has 0 amide bonds. The van der Waals surface area contributed by atoms with Gasteiger partial charge in [0.05, 0.1) is 13.2 Å². The molecule has 8 heteroatoms. The van der Waals surface area contributed by atoms with Crippen molar-refractivity contribution >= 4 is 17.9 Å². The molecule has 1 aromatic rings. The second kappa shape index (κ2) is 7.70. The van der Waals surface area contributed by atoms with Gasteiger partial charge in [-0.2, -0.15) is 0 Å². The van der Waals surface area contributed by atoms with Crippen LogP contribution in [-0.2, 0) is 34.2 Å². The summed E-state index contributed by atoms with van der Waals surface area (Å²) in [6.45, 7) is 7.02. The van der Waals surface area contributed by atoms with E-state index in [1.807, 2.05) is 12.1 Å². The number of hydrogen-bond acceptors (Lipinski definition) is 8. The zero-order chi connectivity index (χ0) is 22.3. The van der Waals surface area contributed by atoms with Crippen molar-refractivity contribution in [3.05, 3.63) is 64.5 Å². The molecule has 0 fully saturated rings. The molecule has 0 saturated carbocycles. The Morgan fingerprint density at radius 2 is 1.74 bits per heavy atom. The van der Waals surface area contributed by atoms with Crippen molar-refractivity contribution < 1.29 is 33.3 Å². The third-order valence-electron chi connectivity index (χ3n) is 5.40. The molecule has 1 aromatic carbocycles. The monoisotopic (exact) mass is 425 g/mol. The van der Waals surface area contributed by atoms with Crippen LogP contribution in [0.3, 0.4) is 0 Å². The van der Waals surface area contributed by atoms with E-state index in [0.29, 0.717) is 22.4 Å². The molecule has 4 rings (SSSR count). The van der Waals surface area contributed by atoms with E-state index in [1.165, 1.54) is 4.90 Å². The molecule has 0 aliphatic carbocycles. The van der Waals surface area contributed by atoms with Crippen molar-refractivity contribution in [1.82, 2.24) is 4.90 Å². The van der Waals surface area contributed by atoms with Gasteiger partial charge in [0.15, 0.2) is 6.23 Å². The molecule has 3 aliphatic heterocycles. The summed E-state index contributed by atoms with van der Waals surface area (Å²) in [6.07, 6.45) is 5.86. The number of carbonyl (C=O) groups excluding carboxylic acids is 3. The number of aryl methyl sites for hydroxylation is 2. The number of rotatable bonds is 4. The van der Waals surface area contributed by atoms with Crippen LogP contribution in [0.1, 0.15) is 30.5 Å². The van der Waals surface area contributed by atoms with E-state index in [2.05, 4.69) is 0 Å². The number of hydrogen-bond donors (Lipinski definition) is 0. The molecule has 2 atom stereocenters. The molecule has 0 radical (unpaired) electrons. The topological polar surface area (TPSA) is 91.4 Å². The van der Waals surface area contributed by atoms with Crippen LogP contribution >= 0.6 is 0 Å². The largest absolute Gasteiger partial charge is 0.462 e. The predicted molar refractivity (Wildman–Crippen MR) is 109 cm³/mol. The van der Waals surface area contributed by atoms with Crippen LogP contribution in [0.15, 0.2) is 47.8 Å². The minimum atomic E-state index is -1.96. The van der Waals surface area contributed by atoms with Crippen LogP contribution in [0.2, 0.25) is 0 Å². The van der Waals surface area contributed by atoms with E-state index in [-0.39, 0.29) is 24.5 Å². The summed E-state index contributed by atoms with van der Waals surface area (Å²) in [7, 11) is 0. The van der Waals surface area contributed by atoms with Crippen molar-refractivity contribution in [2.45, 2.75) is 39.5 Å². The van der Waals surface area contributed by atoms with Crippen LogP contribution in [0.5, 0.6) is 5.75 Å². The summed E-state index contributed by atoms with van der Waals surface area (Å²) in [5.41, 5.74) is -0.539. The maximum atomic E-state index is 13.4. The van der Waals surface area contributed by atoms with Crippen LogP contribution < -0.4 is 4.74 Å². The summed E-state index contributed by atoms with van der Waals surface area (Å²) in [5.74, 6) is -2.09. The highest BCUT2D eigenvalue weighted by Crippen LogP contribution is 2.53. The number of carbonyl (C=O) groups is 3. The van der Waals surface area contributed by atoms with Gasteiger partial charge in [0.2, 0.25) is 5.60 Å². The summed E-state index contributed by atoms with van der Waals surface area (Å²) in [4.78, 5) is 41.2. The van der Waals surface area contributed by atoms with Crippen LogP contribution in [-0.4, -0.2) is 42.2 Å². The van der Waals surface area contributed by atoms with Crippen molar-refractivity contribution in [1.29, 1.82) is 0 Å². The maximum Gasteiger partial charge on any atom is 0.355 e. The fourth-order valence-corrected chi connectivity index (χ4v) is 4.12. The van der Waals surface area contributed by atoms with Crippen LogP contribution in [0.25, 0.3) is 0 Å². The molecule has 162 valence electrons. The zero-order valence-corrected chi connectivity index (χ0v) is 17.8. The number of fused-ring (bicyclic) bond motifs is 3. The summed E-state index contributed by atoms with van der Waals surface area (Å²) in [6, 6.07) is 3.63. The highest BCUT2D eigenvalue weighted by atomic mass is 16.6. The predicted octanol–water partition coefficient (Wildman–Crippen LogP) is 2.54. The zero-order valence-electron chi connectivity index (χ0n) is 17.8. The smallest absolute Gasteiger partial charge is 0.355 e. The third-order valence-corrected chi connectivity index (χ3v) is 5.40. The first-order chi connectivity index (χ1) is 14.9. The average molecular weight is 425 g/mol. The Morgan fingerprint density at radius 3 is 2.45 bits per heavy atom. The van der Waals surface area contributed by atoms with Gasteiger partial charge < -0.3 is 23.8 Å². The lowest BCUT2D eigenvalue weighted by Gasteiger charge is -2.43.